The molecule has 2 unspecified atom stereocenters. The molecule has 1 heterocycles. The van der Waals surface area contributed by atoms with Gasteiger partial charge in [-0.3, -0.25) is 19.3 Å². The van der Waals surface area contributed by atoms with Crippen molar-refractivity contribution in [2.45, 2.75) is 45.4 Å². The summed E-state index contributed by atoms with van der Waals surface area (Å²) in [6, 6.07) is 24.4. The van der Waals surface area contributed by atoms with Gasteiger partial charge in [0, 0.05) is 16.5 Å². The second kappa shape index (κ2) is 15.1. The summed E-state index contributed by atoms with van der Waals surface area (Å²) < 4.78 is 11.0. The molecule has 3 aromatic carbocycles. The largest absolute Gasteiger partial charge is 0.461 e. The van der Waals surface area contributed by atoms with Crippen molar-refractivity contribution in [3.63, 3.8) is 0 Å². The Bertz CT molecular complexity index is 1740. The van der Waals surface area contributed by atoms with E-state index in [2.05, 4.69) is 10.6 Å². The Morgan fingerprint density at radius 2 is 1.54 bits per heavy atom. The number of thiocarbonyl (C=S) groups is 1. The predicted octanol–water partition coefficient (Wildman–Crippen LogP) is 5.75. The highest BCUT2D eigenvalue weighted by atomic mass is 32.1. The lowest BCUT2D eigenvalue weighted by Gasteiger charge is -2.27. The number of carbonyl (C=O) groups is 4. The van der Waals surface area contributed by atoms with Crippen LogP contribution in [-0.2, 0) is 30.5 Å². The van der Waals surface area contributed by atoms with Crippen LogP contribution < -0.4 is 20.4 Å². The Labute approximate surface area is 285 Å². The van der Waals surface area contributed by atoms with E-state index in [1.165, 1.54) is 4.90 Å². The molecule has 1 aliphatic carbocycles. The summed E-state index contributed by atoms with van der Waals surface area (Å²) in [4.78, 5) is 56.9. The third kappa shape index (κ3) is 8.74. The SMILES string of the molecule is CC(C)(C)OC(=O)CN1C(=O)C(NC(=O)NC2=CC=CC(CC(=O)OCc3ccccc3)C2=S)CN(c2ccccc2)c2ccccc21. The number of para-hydroxylation sites is 3. The molecule has 1 aliphatic heterocycles. The molecule has 2 N–H and O–H groups in total. The minimum absolute atomic E-state index is 0.00777. The zero-order valence-electron chi connectivity index (χ0n) is 27.1. The van der Waals surface area contributed by atoms with Crippen LogP contribution in [0.3, 0.4) is 0 Å². The third-order valence-corrected chi connectivity index (χ3v) is 8.08. The van der Waals surface area contributed by atoms with Crippen LogP contribution in [0.2, 0.25) is 0 Å². The van der Waals surface area contributed by atoms with Gasteiger partial charge in [-0.05, 0) is 56.7 Å². The highest BCUT2D eigenvalue weighted by molar-refractivity contribution is 7.80. The van der Waals surface area contributed by atoms with Crippen LogP contribution in [0.4, 0.5) is 21.9 Å². The monoisotopic (exact) mass is 666 g/mol. The second-order valence-electron chi connectivity index (χ2n) is 12.4. The molecule has 5 rings (SSSR count). The summed E-state index contributed by atoms with van der Waals surface area (Å²) in [5, 5.41) is 5.57. The molecular weight excluding hydrogens is 628 g/mol. The number of carbonyl (C=O) groups excluding carboxylic acids is 4. The first kappa shape index (κ1) is 34.1. The van der Waals surface area contributed by atoms with Crippen molar-refractivity contribution in [2.75, 3.05) is 22.9 Å². The highest BCUT2D eigenvalue weighted by Crippen LogP contribution is 2.37. The summed E-state index contributed by atoms with van der Waals surface area (Å²) in [7, 11) is 0. The van der Waals surface area contributed by atoms with Crippen molar-refractivity contribution in [2.24, 2.45) is 5.92 Å². The number of allylic oxidation sites excluding steroid dienone is 4. The molecule has 2 atom stereocenters. The van der Waals surface area contributed by atoms with Crippen molar-refractivity contribution in [3.8, 4) is 0 Å². The number of benzene rings is 3. The van der Waals surface area contributed by atoms with Crippen LogP contribution in [0.15, 0.2) is 109 Å². The fourth-order valence-corrected chi connectivity index (χ4v) is 5.71. The molecular formula is C37H38N4O6S. The predicted molar refractivity (Wildman–Crippen MR) is 188 cm³/mol. The lowest BCUT2D eigenvalue weighted by molar-refractivity contribution is -0.153. The van der Waals surface area contributed by atoms with Crippen molar-refractivity contribution in [1.82, 2.24) is 10.6 Å². The normalized spacial score (nSPS) is 17.5. The van der Waals surface area contributed by atoms with E-state index in [1.54, 1.807) is 51.1 Å². The van der Waals surface area contributed by atoms with Crippen LogP contribution in [0.25, 0.3) is 0 Å². The Morgan fingerprint density at radius 3 is 2.23 bits per heavy atom. The topological polar surface area (TPSA) is 117 Å². The lowest BCUT2D eigenvalue weighted by Crippen LogP contribution is -2.55. The highest BCUT2D eigenvalue weighted by Gasteiger charge is 2.37. The Morgan fingerprint density at radius 1 is 0.896 bits per heavy atom. The van der Waals surface area contributed by atoms with E-state index < -0.39 is 41.4 Å². The fraction of sp³-hybridized carbons (Fsp3) is 0.270. The average Bonchev–Trinajstić information content (AvgIpc) is 3.16. The summed E-state index contributed by atoms with van der Waals surface area (Å²) in [6.45, 7) is 5.15. The van der Waals surface area contributed by atoms with Crippen LogP contribution >= 0.6 is 12.2 Å². The van der Waals surface area contributed by atoms with E-state index in [0.717, 1.165) is 11.3 Å². The molecule has 3 amide bonds. The van der Waals surface area contributed by atoms with E-state index in [9.17, 15) is 19.2 Å². The maximum atomic E-state index is 14.2. The summed E-state index contributed by atoms with van der Waals surface area (Å²) >= 11 is 5.65. The maximum Gasteiger partial charge on any atom is 0.326 e. The van der Waals surface area contributed by atoms with Gasteiger partial charge in [0.1, 0.15) is 24.8 Å². The molecule has 48 heavy (non-hydrogen) atoms. The van der Waals surface area contributed by atoms with Crippen molar-refractivity contribution < 1.29 is 28.7 Å². The smallest absolute Gasteiger partial charge is 0.326 e. The number of hydrogen-bond acceptors (Lipinski definition) is 8. The molecule has 0 saturated carbocycles. The number of amides is 3. The van der Waals surface area contributed by atoms with Crippen molar-refractivity contribution in [3.05, 3.63) is 114 Å². The fourth-order valence-electron chi connectivity index (χ4n) is 5.42. The van der Waals surface area contributed by atoms with Crippen LogP contribution in [0.1, 0.15) is 32.8 Å². The van der Waals surface area contributed by atoms with Crippen molar-refractivity contribution in [1.29, 1.82) is 0 Å². The van der Waals surface area contributed by atoms with Gasteiger partial charge in [-0.2, -0.15) is 0 Å². The molecule has 0 aromatic heterocycles. The second-order valence-corrected chi connectivity index (χ2v) is 12.8. The van der Waals surface area contributed by atoms with Gasteiger partial charge in [-0.15, -0.1) is 0 Å². The van der Waals surface area contributed by atoms with Gasteiger partial charge in [-0.1, -0.05) is 85.0 Å². The molecule has 0 spiro atoms. The zero-order valence-corrected chi connectivity index (χ0v) is 27.9. The number of esters is 2. The Kier molecular flexibility index (Phi) is 10.7. The van der Waals surface area contributed by atoms with Gasteiger partial charge < -0.3 is 25.0 Å². The van der Waals surface area contributed by atoms with Gasteiger partial charge in [0.15, 0.2) is 0 Å². The minimum Gasteiger partial charge on any atom is -0.461 e. The number of rotatable bonds is 9. The average molecular weight is 667 g/mol. The van der Waals surface area contributed by atoms with E-state index in [-0.39, 0.29) is 26.1 Å². The maximum absolute atomic E-state index is 14.2. The number of anilines is 3. The van der Waals surface area contributed by atoms with E-state index >= 15 is 0 Å². The number of urea groups is 1. The number of nitrogens with one attached hydrogen (secondary N) is 2. The molecule has 2 aliphatic rings. The molecule has 248 valence electrons. The van der Waals surface area contributed by atoms with Crippen LogP contribution in [-0.4, -0.2) is 53.5 Å². The van der Waals surface area contributed by atoms with Gasteiger partial charge in [0.05, 0.1) is 30.0 Å². The van der Waals surface area contributed by atoms with E-state index in [1.807, 2.05) is 77.7 Å². The first-order valence-electron chi connectivity index (χ1n) is 15.6. The molecule has 0 saturated heterocycles. The standard InChI is InChI=1S/C37H38N4O6S/c1-37(2,3)47-33(43)23-41-31-20-11-10-19-30(31)40(27-16-8-5-9-17-27)22-29(35(41)44)39-36(45)38-28-18-12-15-26(34(28)48)21-32(42)46-24-25-13-6-4-7-14-25/h4-20,26,29H,21-24H2,1-3H3,(H2,38,39,45). The lowest BCUT2D eigenvalue weighted by atomic mass is 9.94. The molecule has 0 radical (unpaired) electrons. The Balaban J connectivity index is 1.31. The van der Waals surface area contributed by atoms with Crippen LogP contribution in [0.5, 0.6) is 0 Å². The molecule has 0 bridgehead atoms. The summed E-state index contributed by atoms with van der Waals surface area (Å²) in [6.07, 6.45) is 5.15. The summed E-state index contributed by atoms with van der Waals surface area (Å²) in [5.74, 6) is -1.95. The van der Waals surface area contributed by atoms with E-state index in [4.69, 9.17) is 21.7 Å². The first-order chi connectivity index (χ1) is 23.0. The van der Waals surface area contributed by atoms with E-state index in [0.29, 0.717) is 21.9 Å². The number of ether oxygens (including phenoxy) is 2. The van der Waals surface area contributed by atoms with Gasteiger partial charge in [0.25, 0.3) is 5.91 Å². The quantitative estimate of drug-likeness (QED) is 0.219. The molecule has 10 nitrogen and oxygen atoms in total. The molecule has 0 fully saturated rings. The van der Waals surface area contributed by atoms with Gasteiger partial charge in [-0.25, -0.2) is 4.79 Å². The first-order valence-corrected chi connectivity index (χ1v) is 16.0. The minimum atomic E-state index is -1.07. The Hall–Kier alpha value is -5.29. The molecule has 11 heteroatoms. The zero-order chi connectivity index (χ0) is 34.3. The third-order valence-electron chi connectivity index (χ3n) is 7.56. The molecule has 3 aromatic rings. The number of hydrogen-bond donors (Lipinski definition) is 2. The number of fused-ring (bicyclic) bond motifs is 1. The summed E-state index contributed by atoms with van der Waals surface area (Å²) in [5.41, 5.74) is 2.45. The van der Waals surface area contributed by atoms with Crippen molar-refractivity contribution >= 4 is 58.0 Å². The number of nitrogens with zero attached hydrogens (tertiary/aromatic N) is 2. The van der Waals surface area contributed by atoms with Gasteiger partial charge in [0.2, 0.25) is 0 Å². The van der Waals surface area contributed by atoms with Gasteiger partial charge >= 0.3 is 18.0 Å². The van der Waals surface area contributed by atoms with Crippen LogP contribution in [0, 0.1) is 5.92 Å².